The Morgan fingerprint density at radius 2 is 1.83 bits per heavy atom. The molecule has 0 saturated heterocycles. The van der Waals surface area contributed by atoms with E-state index < -0.39 is 0 Å². The third-order valence-corrected chi connectivity index (χ3v) is 7.33. The fraction of sp³-hybridized carbons (Fsp3) is 0.300. The molecule has 0 spiro atoms. The summed E-state index contributed by atoms with van der Waals surface area (Å²) in [5.74, 6) is 1.78. The van der Waals surface area contributed by atoms with Gasteiger partial charge in [0, 0.05) is 17.0 Å². The van der Waals surface area contributed by atoms with Gasteiger partial charge in [-0.15, -0.1) is 11.8 Å². The van der Waals surface area contributed by atoms with E-state index in [0.29, 0.717) is 17.5 Å². The van der Waals surface area contributed by atoms with Crippen molar-refractivity contribution in [1.29, 1.82) is 5.26 Å². The van der Waals surface area contributed by atoms with Crippen molar-refractivity contribution in [3.8, 4) is 6.07 Å². The van der Waals surface area contributed by atoms with Crippen LogP contribution in [0.15, 0.2) is 77.7 Å². The quantitative estimate of drug-likeness (QED) is 0.229. The zero-order valence-electron chi connectivity index (χ0n) is 20.9. The van der Waals surface area contributed by atoms with Gasteiger partial charge in [0.15, 0.2) is 0 Å². The first-order valence-electron chi connectivity index (χ1n) is 12.6. The molecule has 0 aliphatic heterocycles. The van der Waals surface area contributed by atoms with Crippen LogP contribution in [0.3, 0.4) is 0 Å². The lowest BCUT2D eigenvalue weighted by atomic mass is 10.0. The van der Waals surface area contributed by atoms with Crippen LogP contribution < -0.4 is 5.32 Å². The van der Waals surface area contributed by atoms with Crippen LogP contribution in [0.4, 0.5) is 0 Å². The number of hydrogen-bond donors (Lipinski definition) is 1. The summed E-state index contributed by atoms with van der Waals surface area (Å²) in [7, 11) is 0. The van der Waals surface area contributed by atoms with Crippen molar-refractivity contribution in [2.45, 2.75) is 57.0 Å². The van der Waals surface area contributed by atoms with E-state index in [4.69, 9.17) is 10.2 Å². The van der Waals surface area contributed by atoms with Crippen molar-refractivity contribution >= 4 is 28.7 Å². The number of aromatic nitrogens is 2. The molecule has 0 aliphatic rings. The van der Waals surface area contributed by atoms with Crippen molar-refractivity contribution in [1.82, 2.24) is 14.9 Å². The Bertz CT molecular complexity index is 1340. The number of imidazole rings is 1. The molecule has 184 valence electrons. The smallest absolute Gasteiger partial charge is 0.251 e. The first-order chi connectivity index (χ1) is 17.6. The Balaban J connectivity index is 1.74. The summed E-state index contributed by atoms with van der Waals surface area (Å²) < 4.78 is 2.28. The fourth-order valence-electron chi connectivity index (χ4n) is 4.25. The Morgan fingerprint density at radius 1 is 1.06 bits per heavy atom. The highest BCUT2D eigenvalue weighted by molar-refractivity contribution is 7.99. The molecule has 1 unspecified atom stereocenters. The molecule has 1 heterocycles. The number of nitrogens with one attached hydrogen (secondary N) is 1. The van der Waals surface area contributed by atoms with Gasteiger partial charge in [-0.3, -0.25) is 4.79 Å². The van der Waals surface area contributed by atoms with Crippen molar-refractivity contribution in [3.63, 3.8) is 0 Å². The van der Waals surface area contributed by atoms with Crippen LogP contribution in [0, 0.1) is 11.3 Å². The lowest BCUT2D eigenvalue weighted by Crippen LogP contribution is -2.32. The maximum absolute atomic E-state index is 13.3. The number of hydrogen-bond acceptors (Lipinski definition) is 4. The predicted octanol–water partition coefficient (Wildman–Crippen LogP) is 6.92. The third-order valence-electron chi connectivity index (χ3n) is 6.13. The molecule has 0 fully saturated rings. The summed E-state index contributed by atoms with van der Waals surface area (Å²) in [4.78, 5) is 19.6. The van der Waals surface area contributed by atoms with Crippen LogP contribution in [-0.2, 0) is 13.0 Å². The highest BCUT2D eigenvalue weighted by Gasteiger charge is 2.23. The van der Waals surface area contributed by atoms with Crippen LogP contribution >= 0.6 is 11.8 Å². The summed E-state index contributed by atoms with van der Waals surface area (Å²) in [6.45, 7) is 5.22. The lowest BCUT2D eigenvalue weighted by molar-refractivity contribution is 0.0934. The second-order valence-corrected chi connectivity index (χ2v) is 10.0. The van der Waals surface area contributed by atoms with E-state index in [-0.39, 0.29) is 11.9 Å². The molecule has 0 aliphatic carbocycles. The second kappa shape index (κ2) is 12.4. The van der Waals surface area contributed by atoms with Crippen LogP contribution in [0.2, 0.25) is 0 Å². The number of rotatable bonds is 11. The number of amides is 1. The number of fused-ring (bicyclic) bond motifs is 1. The van der Waals surface area contributed by atoms with Gasteiger partial charge >= 0.3 is 0 Å². The zero-order valence-corrected chi connectivity index (χ0v) is 21.7. The number of carbonyl (C=O) groups is 1. The van der Waals surface area contributed by atoms with Crippen LogP contribution in [0.1, 0.15) is 66.5 Å². The summed E-state index contributed by atoms with van der Waals surface area (Å²) >= 11 is 1.85. The third kappa shape index (κ3) is 6.16. The standard InChI is InChI=1S/C30H32N4OS/c1-3-5-17-34-28-16-15-25(36-18-4-2)20-26(28)32-29(34)27(19-22-9-7-6-8-10-22)33-30(35)24-13-11-23(21-31)12-14-24/h6-16,20,27H,3-5,17-19H2,1-2H3,(H,33,35). The largest absolute Gasteiger partial charge is 0.342 e. The van der Waals surface area contributed by atoms with Crippen molar-refractivity contribution < 1.29 is 4.79 Å². The van der Waals surface area contributed by atoms with Gasteiger partial charge in [0.2, 0.25) is 0 Å². The average molecular weight is 497 g/mol. The molecule has 1 N–H and O–H groups in total. The molecule has 0 saturated carbocycles. The molecular weight excluding hydrogens is 464 g/mol. The Kier molecular flexibility index (Phi) is 8.80. The molecule has 1 amide bonds. The van der Waals surface area contributed by atoms with Crippen molar-refractivity contribution in [2.24, 2.45) is 0 Å². The summed E-state index contributed by atoms with van der Waals surface area (Å²) in [5, 5.41) is 12.4. The second-order valence-electron chi connectivity index (χ2n) is 8.88. The first kappa shape index (κ1) is 25.5. The minimum atomic E-state index is -0.299. The topological polar surface area (TPSA) is 70.7 Å². The first-order valence-corrected chi connectivity index (χ1v) is 13.6. The Morgan fingerprint density at radius 3 is 2.53 bits per heavy atom. The Hall–Kier alpha value is -3.56. The number of nitriles is 1. The molecule has 6 heteroatoms. The van der Waals surface area contributed by atoms with Gasteiger partial charge < -0.3 is 9.88 Å². The van der Waals surface area contributed by atoms with E-state index in [0.717, 1.165) is 54.0 Å². The van der Waals surface area contributed by atoms with E-state index >= 15 is 0 Å². The Labute approximate surface area is 217 Å². The summed E-state index contributed by atoms with van der Waals surface area (Å²) in [5.41, 5.74) is 4.26. The van der Waals surface area contributed by atoms with Gasteiger partial charge in [-0.1, -0.05) is 50.6 Å². The number of aryl methyl sites for hydroxylation is 1. The molecule has 4 rings (SSSR count). The number of nitrogens with zero attached hydrogens (tertiary/aromatic N) is 3. The highest BCUT2D eigenvalue weighted by Crippen LogP contribution is 2.29. The van der Waals surface area contributed by atoms with Crippen LogP contribution in [-0.4, -0.2) is 21.2 Å². The number of thioether (sulfide) groups is 1. The van der Waals surface area contributed by atoms with Gasteiger partial charge in [0.25, 0.3) is 5.91 Å². The predicted molar refractivity (Wildman–Crippen MR) is 147 cm³/mol. The van der Waals surface area contributed by atoms with Gasteiger partial charge in [-0.05, 0) is 73.0 Å². The maximum atomic E-state index is 13.3. The molecule has 0 bridgehead atoms. The monoisotopic (exact) mass is 496 g/mol. The van der Waals surface area contributed by atoms with Gasteiger partial charge in [-0.25, -0.2) is 4.98 Å². The molecule has 0 radical (unpaired) electrons. The normalized spacial score (nSPS) is 11.8. The molecular formula is C30H32N4OS. The molecule has 3 aromatic carbocycles. The minimum absolute atomic E-state index is 0.172. The summed E-state index contributed by atoms with van der Waals surface area (Å²) in [6.07, 6.45) is 3.87. The lowest BCUT2D eigenvalue weighted by Gasteiger charge is -2.21. The van der Waals surface area contributed by atoms with Gasteiger partial charge in [0.1, 0.15) is 5.82 Å². The molecule has 5 nitrogen and oxygen atoms in total. The van der Waals surface area contributed by atoms with Gasteiger partial charge in [-0.2, -0.15) is 5.26 Å². The van der Waals surface area contributed by atoms with Crippen molar-refractivity contribution in [2.75, 3.05) is 5.75 Å². The van der Waals surface area contributed by atoms with E-state index in [1.54, 1.807) is 24.3 Å². The van der Waals surface area contributed by atoms with Crippen LogP contribution in [0.5, 0.6) is 0 Å². The highest BCUT2D eigenvalue weighted by atomic mass is 32.2. The van der Waals surface area contributed by atoms with Gasteiger partial charge in [0.05, 0.1) is 28.7 Å². The minimum Gasteiger partial charge on any atom is -0.342 e. The maximum Gasteiger partial charge on any atom is 0.251 e. The van der Waals surface area contributed by atoms with Crippen LogP contribution in [0.25, 0.3) is 11.0 Å². The van der Waals surface area contributed by atoms with E-state index in [1.165, 1.54) is 4.90 Å². The zero-order chi connectivity index (χ0) is 25.3. The molecule has 4 aromatic rings. The number of benzene rings is 3. The number of carbonyl (C=O) groups excluding carboxylic acids is 1. The average Bonchev–Trinajstić information content (AvgIpc) is 3.28. The fourth-order valence-corrected chi connectivity index (χ4v) is 5.05. The molecule has 36 heavy (non-hydrogen) atoms. The van der Waals surface area contributed by atoms with E-state index in [9.17, 15) is 4.79 Å². The van der Waals surface area contributed by atoms with Crippen molar-refractivity contribution in [3.05, 3.63) is 95.3 Å². The summed E-state index contributed by atoms with van der Waals surface area (Å²) in [6, 6.07) is 25.3. The number of unbranched alkanes of at least 4 members (excludes halogenated alkanes) is 1. The van der Waals surface area contributed by atoms with E-state index in [2.05, 4.69) is 60.1 Å². The SMILES string of the molecule is CCCCn1c(C(Cc2ccccc2)NC(=O)c2ccc(C#N)cc2)nc2cc(SCCC)ccc21. The molecule has 1 atom stereocenters. The van der Waals surface area contributed by atoms with E-state index in [1.807, 2.05) is 30.0 Å². The molecule has 1 aromatic heterocycles.